The predicted molar refractivity (Wildman–Crippen MR) is 109 cm³/mol. The second kappa shape index (κ2) is 7.81. The second-order valence-corrected chi connectivity index (χ2v) is 7.43. The summed E-state index contributed by atoms with van der Waals surface area (Å²) in [7, 11) is 1.66. The van der Waals surface area contributed by atoms with E-state index in [2.05, 4.69) is 15.9 Å². The molecule has 0 N–H and O–H groups in total. The molecule has 0 aromatic heterocycles. The lowest BCUT2D eigenvalue weighted by Gasteiger charge is -2.38. The Morgan fingerprint density at radius 2 is 1.68 bits per heavy atom. The van der Waals surface area contributed by atoms with Gasteiger partial charge >= 0.3 is 0 Å². The van der Waals surface area contributed by atoms with Gasteiger partial charge in [0.1, 0.15) is 5.75 Å². The lowest BCUT2D eigenvalue weighted by atomic mass is 10.1. The number of imide groups is 1. The van der Waals surface area contributed by atoms with Crippen molar-refractivity contribution in [3.05, 3.63) is 53.6 Å². The number of amides is 2. The summed E-state index contributed by atoms with van der Waals surface area (Å²) in [6.07, 6.45) is 0.213. The number of rotatable bonds is 4. The molecule has 0 saturated carbocycles. The fourth-order valence-electron chi connectivity index (χ4n) is 3.89. The standard InChI is InChI=1S/C21H22ClN3O3/c1-28-18-7-3-5-16(13-18)23-8-10-24(11-9-23)19-14-20(26)25(21(19)27)17-6-2-4-15(22)12-17/h2-7,12-13,19H,8-11,14H2,1H3/t19-/m0/s1. The van der Waals surface area contributed by atoms with Crippen molar-refractivity contribution >= 4 is 34.8 Å². The van der Waals surface area contributed by atoms with Crippen molar-refractivity contribution < 1.29 is 14.3 Å². The molecular weight excluding hydrogens is 378 g/mol. The number of halogens is 1. The van der Waals surface area contributed by atoms with Crippen molar-refractivity contribution in [3.63, 3.8) is 0 Å². The molecular formula is C21H22ClN3O3. The molecule has 146 valence electrons. The lowest BCUT2D eigenvalue weighted by Crippen LogP contribution is -2.52. The minimum Gasteiger partial charge on any atom is -0.497 e. The molecule has 28 heavy (non-hydrogen) atoms. The van der Waals surface area contributed by atoms with Crippen LogP contribution in [0.3, 0.4) is 0 Å². The molecule has 0 spiro atoms. The SMILES string of the molecule is COc1cccc(N2CCN([C@H]3CC(=O)N(c4cccc(Cl)c4)C3=O)CC2)c1. The van der Waals surface area contributed by atoms with Gasteiger partial charge in [-0.25, -0.2) is 4.90 Å². The van der Waals surface area contributed by atoms with Crippen molar-refractivity contribution in [2.24, 2.45) is 0 Å². The van der Waals surface area contributed by atoms with Crippen LogP contribution in [0.2, 0.25) is 5.02 Å². The number of benzene rings is 2. The Balaban J connectivity index is 1.43. The van der Waals surface area contributed by atoms with Crippen LogP contribution in [0.5, 0.6) is 5.75 Å². The van der Waals surface area contributed by atoms with Crippen LogP contribution in [0, 0.1) is 0 Å². The molecule has 2 fully saturated rings. The van der Waals surface area contributed by atoms with Gasteiger partial charge in [-0.1, -0.05) is 23.7 Å². The molecule has 1 atom stereocenters. The summed E-state index contributed by atoms with van der Waals surface area (Å²) in [5, 5.41) is 0.508. The van der Waals surface area contributed by atoms with Crippen LogP contribution in [0.15, 0.2) is 48.5 Å². The summed E-state index contributed by atoms with van der Waals surface area (Å²) in [5.74, 6) is 0.489. The van der Waals surface area contributed by atoms with E-state index >= 15 is 0 Å². The maximum absolute atomic E-state index is 13.0. The van der Waals surface area contributed by atoms with Gasteiger partial charge in [0.15, 0.2) is 0 Å². The average molecular weight is 400 g/mol. The summed E-state index contributed by atoms with van der Waals surface area (Å²) in [4.78, 5) is 31.1. The van der Waals surface area contributed by atoms with Crippen LogP contribution in [0.25, 0.3) is 0 Å². The summed E-state index contributed by atoms with van der Waals surface area (Å²) >= 11 is 6.03. The van der Waals surface area contributed by atoms with Gasteiger partial charge in [-0.15, -0.1) is 0 Å². The molecule has 2 aromatic rings. The number of methoxy groups -OCH3 is 1. The van der Waals surface area contributed by atoms with Crippen molar-refractivity contribution in [2.75, 3.05) is 43.1 Å². The molecule has 6 nitrogen and oxygen atoms in total. The summed E-state index contributed by atoms with van der Waals surface area (Å²) in [6, 6.07) is 14.4. The highest BCUT2D eigenvalue weighted by molar-refractivity contribution is 6.31. The van der Waals surface area contributed by atoms with E-state index in [1.807, 2.05) is 18.2 Å². The molecule has 2 amide bonds. The first kappa shape index (κ1) is 18.8. The molecule has 2 aromatic carbocycles. The number of carbonyl (C=O) groups excluding carboxylic acids is 2. The molecule has 2 aliphatic rings. The smallest absolute Gasteiger partial charge is 0.251 e. The van der Waals surface area contributed by atoms with E-state index in [4.69, 9.17) is 16.3 Å². The van der Waals surface area contributed by atoms with Crippen LogP contribution >= 0.6 is 11.6 Å². The molecule has 2 saturated heterocycles. The molecule has 0 radical (unpaired) electrons. The number of anilines is 2. The number of piperazine rings is 1. The van der Waals surface area contributed by atoms with E-state index in [9.17, 15) is 9.59 Å². The molecule has 2 aliphatic heterocycles. The number of carbonyl (C=O) groups is 2. The Morgan fingerprint density at radius 3 is 2.39 bits per heavy atom. The van der Waals surface area contributed by atoms with Crippen LogP contribution in [0.1, 0.15) is 6.42 Å². The Bertz CT molecular complexity index is 896. The van der Waals surface area contributed by atoms with E-state index in [-0.39, 0.29) is 18.2 Å². The number of hydrogen-bond acceptors (Lipinski definition) is 5. The van der Waals surface area contributed by atoms with Crippen LogP contribution in [0.4, 0.5) is 11.4 Å². The maximum Gasteiger partial charge on any atom is 0.251 e. The fourth-order valence-corrected chi connectivity index (χ4v) is 4.07. The van der Waals surface area contributed by atoms with Crippen molar-refractivity contribution in [3.8, 4) is 5.75 Å². The fraction of sp³-hybridized carbons (Fsp3) is 0.333. The van der Waals surface area contributed by atoms with E-state index in [0.717, 1.165) is 37.6 Å². The molecule has 0 bridgehead atoms. The van der Waals surface area contributed by atoms with E-state index in [1.165, 1.54) is 4.90 Å². The zero-order valence-corrected chi connectivity index (χ0v) is 16.4. The van der Waals surface area contributed by atoms with Gasteiger partial charge in [0, 0.05) is 43.0 Å². The minimum absolute atomic E-state index is 0.165. The van der Waals surface area contributed by atoms with Gasteiger partial charge in [0.05, 0.1) is 25.3 Å². The van der Waals surface area contributed by atoms with Gasteiger partial charge < -0.3 is 9.64 Å². The first-order chi connectivity index (χ1) is 13.6. The maximum atomic E-state index is 13.0. The zero-order valence-electron chi connectivity index (χ0n) is 15.7. The lowest BCUT2D eigenvalue weighted by molar-refractivity contribution is -0.123. The molecule has 4 rings (SSSR count). The Kier molecular flexibility index (Phi) is 5.24. The van der Waals surface area contributed by atoms with E-state index in [1.54, 1.807) is 31.4 Å². The monoisotopic (exact) mass is 399 g/mol. The zero-order chi connectivity index (χ0) is 19.7. The Hall–Kier alpha value is -2.57. The number of ether oxygens (including phenoxy) is 1. The molecule has 0 aliphatic carbocycles. The Morgan fingerprint density at radius 1 is 0.964 bits per heavy atom. The number of nitrogens with zero attached hydrogens (tertiary/aromatic N) is 3. The quantitative estimate of drug-likeness (QED) is 0.740. The van der Waals surface area contributed by atoms with Crippen molar-refractivity contribution in [1.82, 2.24) is 4.90 Å². The predicted octanol–water partition coefficient (Wildman–Crippen LogP) is 2.80. The minimum atomic E-state index is -0.404. The first-order valence-electron chi connectivity index (χ1n) is 9.32. The van der Waals surface area contributed by atoms with Gasteiger partial charge in [-0.3, -0.25) is 14.5 Å². The number of hydrogen-bond donors (Lipinski definition) is 0. The topological polar surface area (TPSA) is 53.1 Å². The largest absolute Gasteiger partial charge is 0.497 e. The van der Waals surface area contributed by atoms with Gasteiger partial charge in [0.25, 0.3) is 5.91 Å². The molecule has 0 unspecified atom stereocenters. The highest BCUT2D eigenvalue weighted by atomic mass is 35.5. The second-order valence-electron chi connectivity index (χ2n) is 6.99. The van der Waals surface area contributed by atoms with E-state index < -0.39 is 6.04 Å². The third-order valence-electron chi connectivity index (χ3n) is 5.36. The van der Waals surface area contributed by atoms with Crippen LogP contribution in [-0.4, -0.2) is 56.0 Å². The summed E-state index contributed by atoms with van der Waals surface area (Å²) in [6.45, 7) is 3.04. The first-order valence-corrected chi connectivity index (χ1v) is 9.70. The Labute approximate surface area is 169 Å². The average Bonchev–Trinajstić information content (AvgIpc) is 3.02. The van der Waals surface area contributed by atoms with Crippen molar-refractivity contribution in [2.45, 2.75) is 12.5 Å². The molecule has 2 heterocycles. The van der Waals surface area contributed by atoms with Crippen LogP contribution < -0.4 is 14.5 Å². The van der Waals surface area contributed by atoms with E-state index in [0.29, 0.717) is 10.7 Å². The van der Waals surface area contributed by atoms with Gasteiger partial charge in [-0.05, 0) is 30.3 Å². The summed E-state index contributed by atoms with van der Waals surface area (Å²) < 4.78 is 5.30. The highest BCUT2D eigenvalue weighted by Crippen LogP contribution is 2.29. The van der Waals surface area contributed by atoms with Crippen molar-refractivity contribution in [1.29, 1.82) is 0 Å². The van der Waals surface area contributed by atoms with Crippen LogP contribution in [-0.2, 0) is 9.59 Å². The third-order valence-corrected chi connectivity index (χ3v) is 5.60. The third kappa shape index (κ3) is 3.57. The summed E-state index contributed by atoms with van der Waals surface area (Å²) in [5.41, 5.74) is 1.65. The van der Waals surface area contributed by atoms with Gasteiger partial charge in [-0.2, -0.15) is 0 Å². The normalized spacial score (nSPS) is 20.7. The van der Waals surface area contributed by atoms with Gasteiger partial charge in [0.2, 0.25) is 5.91 Å². The molecule has 7 heteroatoms. The highest BCUT2D eigenvalue weighted by Gasteiger charge is 2.43.